The van der Waals surface area contributed by atoms with Crippen molar-refractivity contribution in [2.45, 2.75) is 97.3 Å². The van der Waals surface area contributed by atoms with Crippen LogP contribution in [0.4, 0.5) is 5.69 Å². The third-order valence-electron chi connectivity index (χ3n) is 6.60. The summed E-state index contributed by atoms with van der Waals surface area (Å²) in [7, 11) is 0. The fourth-order valence-corrected chi connectivity index (χ4v) is 4.13. The predicted molar refractivity (Wildman–Crippen MR) is 164 cm³/mol. The minimum absolute atomic E-state index is 0.126. The average molecular weight is 552 g/mol. The molecule has 0 fully saturated rings. The summed E-state index contributed by atoms with van der Waals surface area (Å²) in [5.74, 6) is 1.27. The van der Waals surface area contributed by atoms with Crippen molar-refractivity contribution in [1.29, 1.82) is 0 Å². The van der Waals surface area contributed by atoms with Crippen molar-refractivity contribution < 1.29 is 24.1 Å². The van der Waals surface area contributed by atoms with E-state index in [4.69, 9.17) is 14.2 Å². The summed E-state index contributed by atoms with van der Waals surface area (Å²) in [4.78, 5) is 15.8. The SMILES string of the molecule is C=C(C)C(=O)OCCCCCCOc1ccc(C=Nc2ccc(OCCCCCCCCCCC)cc2)c(O)c1. The van der Waals surface area contributed by atoms with Crippen LogP contribution in [0.15, 0.2) is 59.6 Å². The Balaban J connectivity index is 1.60. The Morgan fingerprint density at radius 3 is 1.88 bits per heavy atom. The number of benzene rings is 2. The molecule has 0 spiro atoms. The van der Waals surface area contributed by atoms with Gasteiger partial charge in [-0.3, -0.25) is 4.99 Å². The lowest BCUT2D eigenvalue weighted by Crippen LogP contribution is -2.06. The number of hydrogen-bond acceptors (Lipinski definition) is 6. The van der Waals surface area contributed by atoms with Crippen molar-refractivity contribution in [3.05, 3.63) is 60.2 Å². The normalized spacial score (nSPS) is 11.1. The first-order valence-corrected chi connectivity index (χ1v) is 15.0. The van der Waals surface area contributed by atoms with E-state index in [9.17, 15) is 9.90 Å². The van der Waals surface area contributed by atoms with E-state index in [1.165, 1.54) is 51.4 Å². The third-order valence-corrected chi connectivity index (χ3v) is 6.60. The summed E-state index contributed by atoms with van der Waals surface area (Å²) in [6, 6.07) is 13.0. The van der Waals surface area contributed by atoms with Crippen LogP contribution in [0.5, 0.6) is 17.2 Å². The lowest BCUT2D eigenvalue weighted by Gasteiger charge is -2.08. The number of phenolic OH excluding ortho intramolecular Hbond substituents is 1. The van der Waals surface area contributed by atoms with Gasteiger partial charge in [0.25, 0.3) is 0 Å². The van der Waals surface area contributed by atoms with Crippen LogP contribution < -0.4 is 9.47 Å². The summed E-state index contributed by atoms with van der Waals surface area (Å²) in [6.45, 7) is 9.19. The molecule has 0 aliphatic heterocycles. The molecule has 0 atom stereocenters. The number of carbonyl (C=O) groups excluding carboxylic acids is 1. The molecule has 0 aromatic heterocycles. The average Bonchev–Trinajstić information content (AvgIpc) is 2.95. The van der Waals surface area contributed by atoms with E-state index in [0.717, 1.165) is 50.1 Å². The Hall–Kier alpha value is -3.28. The zero-order valence-corrected chi connectivity index (χ0v) is 24.7. The van der Waals surface area contributed by atoms with Gasteiger partial charge in [-0.1, -0.05) is 64.9 Å². The molecule has 0 saturated heterocycles. The molecule has 40 heavy (non-hydrogen) atoms. The van der Waals surface area contributed by atoms with Gasteiger partial charge in [0, 0.05) is 23.4 Å². The lowest BCUT2D eigenvalue weighted by atomic mass is 10.1. The molecule has 0 aliphatic carbocycles. The molecular formula is C34H49NO5. The largest absolute Gasteiger partial charge is 0.507 e. The van der Waals surface area contributed by atoms with Gasteiger partial charge in [0.1, 0.15) is 17.2 Å². The predicted octanol–water partition coefficient (Wildman–Crippen LogP) is 9.11. The zero-order chi connectivity index (χ0) is 28.8. The summed E-state index contributed by atoms with van der Waals surface area (Å²) < 4.78 is 16.7. The number of aromatic hydroxyl groups is 1. The standard InChI is InChI=1S/C34H49NO5/c1-4-5-6-7-8-9-10-11-14-23-38-31-21-18-30(19-22-31)35-27-29-17-20-32(26-33(29)36)39-24-15-12-13-16-25-40-34(37)28(2)3/h17-22,26-27,36H,2,4-16,23-25H2,1,3H3. The van der Waals surface area contributed by atoms with Crippen molar-refractivity contribution in [2.24, 2.45) is 4.99 Å². The number of esters is 1. The van der Waals surface area contributed by atoms with E-state index >= 15 is 0 Å². The summed E-state index contributed by atoms with van der Waals surface area (Å²) in [5, 5.41) is 10.4. The van der Waals surface area contributed by atoms with E-state index < -0.39 is 0 Å². The minimum Gasteiger partial charge on any atom is -0.507 e. The second kappa shape index (κ2) is 20.6. The molecule has 0 saturated carbocycles. The number of carbonyl (C=O) groups is 1. The number of phenols is 1. The molecule has 0 bridgehead atoms. The third kappa shape index (κ3) is 14.8. The minimum atomic E-state index is -0.334. The topological polar surface area (TPSA) is 77.4 Å². The van der Waals surface area contributed by atoms with Crippen LogP contribution in [0.25, 0.3) is 0 Å². The van der Waals surface area contributed by atoms with Crippen LogP contribution in [0.1, 0.15) is 103 Å². The van der Waals surface area contributed by atoms with Crippen molar-refractivity contribution in [2.75, 3.05) is 19.8 Å². The van der Waals surface area contributed by atoms with Crippen LogP contribution >= 0.6 is 0 Å². The maximum absolute atomic E-state index is 11.3. The van der Waals surface area contributed by atoms with Gasteiger partial charge < -0.3 is 19.3 Å². The molecule has 0 aliphatic rings. The van der Waals surface area contributed by atoms with Gasteiger partial charge in [-0.2, -0.15) is 0 Å². The smallest absolute Gasteiger partial charge is 0.333 e. The second-order valence-electron chi connectivity index (χ2n) is 10.3. The van der Waals surface area contributed by atoms with Crippen molar-refractivity contribution in [3.8, 4) is 17.2 Å². The van der Waals surface area contributed by atoms with Crippen LogP contribution in [-0.2, 0) is 9.53 Å². The maximum atomic E-state index is 11.3. The van der Waals surface area contributed by atoms with Gasteiger partial charge >= 0.3 is 5.97 Å². The van der Waals surface area contributed by atoms with E-state index in [0.29, 0.717) is 30.1 Å². The highest BCUT2D eigenvalue weighted by molar-refractivity contribution is 5.87. The molecule has 1 N–H and O–H groups in total. The van der Waals surface area contributed by atoms with Crippen LogP contribution in [0.2, 0.25) is 0 Å². The highest BCUT2D eigenvalue weighted by Gasteiger charge is 2.04. The van der Waals surface area contributed by atoms with Gasteiger partial charge in [0.2, 0.25) is 0 Å². The monoisotopic (exact) mass is 551 g/mol. The Morgan fingerprint density at radius 1 is 0.775 bits per heavy atom. The molecule has 2 aromatic carbocycles. The Bertz CT molecular complexity index is 1020. The van der Waals surface area contributed by atoms with Crippen molar-refractivity contribution in [1.82, 2.24) is 0 Å². The summed E-state index contributed by atoms with van der Waals surface area (Å²) in [5.41, 5.74) is 1.85. The van der Waals surface area contributed by atoms with Gasteiger partial charge in [-0.05, 0) is 75.4 Å². The molecule has 0 heterocycles. The first-order valence-electron chi connectivity index (χ1n) is 15.0. The first kappa shape index (κ1) is 32.9. The Kier molecular flexibility index (Phi) is 17.0. The van der Waals surface area contributed by atoms with Crippen molar-refractivity contribution in [3.63, 3.8) is 0 Å². The van der Waals surface area contributed by atoms with Crippen LogP contribution in [0, 0.1) is 0 Å². The van der Waals surface area contributed by atoms with E-state index in [1.807, 2.05) is 30.3 Å². The number of rotatable bonds is 22. The molecule has 0 unspecified atom stereocenters. The molecule has 0 amide bonds. The molecule has 6 heteroatoms. The van der Waals surface area contributed by atoms with E-state index in [2.05, 4.69) is 18.5 Å². The van der Waals surface area contributed by atoms with Crippen LogP contribution in [-0.4, -0.2) is 37.1 Å². The lowest BCUT2D eigenvalue weighted by molar-refractivity contribution is -0.139. The number of ether oxygens (including phenoxy) is 3. The van der Waals surface area contributed by atoms with E-state index in [-0.39, 0.29) is 11.7 Å². The highest BCUT2D eigenvalue weighted by atomic mass is 16.5. The highest BCUT2D eigenvalue weighted by Crippen LogP contribution is 2.24. The number of unbranched alkanes of at least 4 members (excludes halogenated alkanes) is 11. The Labute approximate surface area is 241 Å². The summed E-state index contributed by atoms with van der Waals surface area (Å²) >= 11 is 0. The first-order chi connectivity index (χ1) is 19.5. The Morgan fingerprint density at radius 2 is 1.30 bits per heavy atom. The van der Waals surface area contributed by atoms with E-state index in [1.54, 1.807) is 25.3 Å². The second-order valence-corrected chi connectivity index (χ2v) is 10.3. The summed E-state index contributed by atoms with van der Waals surface area (Å²) in [6.07, 6.45) is 17.0. The molecule has 2 rings (SSSR count). The molecule has 6 nitrogen and oxygen atoms in total. The van der Waals surface area contributed by atoms with Crippen molar-refractivity contribution >= 4 is 17.9 Å². The van der Waals surface area contributed by atoms with Gasteiger partial charge in [-0.25, -0.2) is 4.79 Å². The fourth-order valence-electron chi connectivity index (χ4n) is 4.13. The quantitative estimate of drug-likeness (QED) is 0.0683. The molecule has 0 radical (unpaired) electrons. The number of nitrogens with zero attached hydrogens (tertiary/aromatic N) is 1. The zero-order valence-electron chi connectivity index (χ0n) is 24.7. The van der Waals surface area contributed by atoms with Gasteiger partial charge in [0.15, 0.2) is 0 Å². The molecule has 220 valence electrons. The fraction of sp³-hybridized carbons (Fsp3) is 0.529. The molecular weight excluding hydrogens is 502 g/mol. The number of aliphatic imine (C=N–C) groups is 1. The molecule has 2 aromatic rings. The van der Waals surface area contributed by atoms with Gasteiger partial charge in [0.05, 0.1) is 25.5 Å². The van der Waals surface area contributed by atoms with Crippen LogP contribution in [0.3, 0.4) is 0 Å². The number of hydrogen-bond donors (Lipinski definition) is 1. The maximum Gasteiger partial charge on any atom is 0.333 e. The van der Waals surface area contributed by atoms with Gasteiger partial charge in [-0.15, -0.1) is 0 Å².